The lowest BCUT2D eigenvalue weighted by molar-refractivity contribution is 0.174. The standard InChI is InChI=1S/C16H21N3O2/c1-10(16-11(2)18-19(4)12(16)3)17-8-13-5-6-14-15(7-13)21-9-20-14/h5-7,10,17H,8-9H2,1-4H3. The Hall–Kier alpha value is -2.01. The van der Waals surface area contributed by atoms with Crippen LogP contribution in [0.15, 0.2) is 18.2 Å². The van der Waals surface area contributed by atoms with Crippen LogP contribution in [0.25, 0.3) is 0 Å². The van der Waals surface area contributed by atoms with E-state index in [1.54, 1.807) is 0 Å². The van der Waals surface area contributed by atoms with Crippen LogP contribution in [-0.2, 0) is 13.6 Å². The monoisotopic (exact) mass is 287 g/mol. The lowest BCUT2D eigenvalue weighted by Gasteiger charge is -2.15. The van der Waals surface area contributed by atoms with Gasteiger partial charge in [0.2, 0.25) is 6.79 Å². The Labute approximate surface area is 124 Å². The van der Waals surface area contributed by atoms with Crippen molar-refractivity contribution in [1.82, 2.24) is 15.1 Å². The lowest BCUT2D eigenvalue weighted by Crippen LogP contribution is -2.19. The summed E-state index contributed by atoms with van der Waals surface area (Å²) in [6, 6.07) is 6.32. The summed E-state index contributed by atoms with van der Waals surface area (Å²) in [7, 11) is 1.98. The summed E-state index contributed by atoms with van der Waals surface area (Å²) < 4.78 is 12.7. The number of ether oxygens (including phenoxy) is 2. The summed E-state index contributed by atoms with van der Waals surface area (Å²) in [5.41, 5.74) is 4.75. The number of aromatic nitrogens is 2. The molecule has 1 atom stereocenters. The highest BCUT2D eigenvalue weighted by molar-refractivity contribution is 5.44. The van der Waals surface area contributed by atoms with Crippen molar-refractivity contribution in [2.24, 2.45) is 7.05 Å². The second-order valence-corrected chi connectivity index (χ2v) is 5.50. The minimum atomic E-state index is 0.254. The van der Waals surface area contributed by atoms with Crippen molar-refractivity contribution in [1.29, 1.82) is 0 Å². The van der Waals surface area contributed by atoms with E-state index in [9.17, 15) is 0 Å². The van der Waals surface area contributed by atoms with Crippen molar-refractivity contribution in [2.45, 2.75) is 33.4 Å². The Kier molecular flexibility index (Phi) is 3.59. The average molecular weight is 287 g/mol. The van der Waals surface area contributed by atoms with E-state index in [2.05, 4.69) is 37.3 Å². The molecule has 2 heterocycles. The van der Waals surface area contributed by atoms with Gasteiger partial charge in [-0.1, -0.05) is 6.07 Å². The smallest absolute Gasteiger partial charge is 0.231 e. The van der Waals surface area contributed by atoms with Gasteiger partial charge in [0.05, 0.1) is 5.69 Å². The molecule has 21 heavy (non-hydrogen) atoms. The fourth-order valence-corrected chi connectivity index (χ4v) is 2.84. The van der Waals surface area contributed by atoms with Gasteiger partial charge in [-0.15, -0.1) is 0 Å². The van der Waals surface area contributed by atoms with E-state index < -0.39 is 0 Å². The zero-order chi connectivity index (χ0) is 15.0. The molecule has 1 unspecified atom stereocenters. The number of nitrogens with zero attached hydrogens (tertiary/aromatic N) is 2. The Morgan fingerprint density at radius 1 is 1.29 bits per heavy atom. The molecule has 0 aliphatic carbocycles. The molecule has 0 fully saturated rings. The molecule has 1 aliphatic heterocycles. The van der Waals surface area contributed by atoms with Crippen molar-refractivity contribution in [3.05, 3.63) is 40.7 Å². The second kappa shape index (κ2) is 5.41. The second-order valence-electron chi connectivity index (χ2n) is 5.50. The quantitative estimate of drug-likeness (QED) is 0.939. The van der Waals surface area contributed by atoms with Crippen LogP contribution in [0.5, 0.6) is 11.5 Å². The van der Waals surface area contributed by atoms with Gasteiger partial charge in [-0.05, 0) is 38.5 Å². The van der Waals surface area contributed by atoms with Gasteiger partial charge in [-0.2, -0.15) is 5.10 Å². The van der Waals surface area contributed by atoms with Gasteiger partial charge in [0, 0.05) is 30.9 Å². The molecule has 0 spiro atoms. The molecule has 1 N–H and O–H groups in total. The molecule has 0 amide bonds. The normalized spacial score (nSPS) is 14.5. The zero-order valence-corrected chi connectivity index (χ0v) is 12.9. The topological polar surface area (TPSA) is 48.3 Å². The highest BCUT2D eigenvalue weighted by Crippen LogP contribution is 2.32. The molecule has 1 aromatic heterocycles. The van der Waals surface area contributed by atoms with Crippen LogP contribution in [0.4, 0.5) is 0 Å². The van der Waals surface area contributed by atoms with Crippen molar-refractivity contribution >= 4 is 0 Å². The molecular formula is C16H21N3O2. The molecule has 3 rings (SSSR count). The maximum absolute atomic E-state index is 5.41. The Morgan fingerprint density at radius 3 is 2.76 bits per heavy atom. The largest absolute Gasteiger partial charge is 0.454 e. The third kappa shape index (κ3) is 2.61. The van der Waals surface area contributed by atoms with Crippen LogP contribution in [0, 0.1) is 13.8 Å². The molecule has 5 nitrogen and oxygen atoms in total. The molecule has 0 radical (unpaired) electrons. The van der Waals surface area contributed by atoms with Gasteiger partial charge >= 0.3 is 0 Å². The Balaban J connectivity index is 1.70. The lowest BCUT2D eigenvalue weighted by atomic mass is 10.1. The molecule has 1 aromatic carbocycles. The first kappa shape index (κ1) is 13.9. The molecule has 1 aliphatic rings. The van der Waals surface area contributed by atoms with Crippen LogP contribution < -0.4 is 14.8 Å². The van der Waals surface area contributed by atoms with E-state index in [1.807, 2.05) is 23.9 Å². The summed E-state index contributed by atoms with van der Waals surface area (Å²) in [5, 5.41) is 8.03. The molecule has 2 aromatic rings. The van der Waals surface area contributed by atoms with Crippen LogP contribution in [-0.4, -0.2) is 16.6 Å². The maximum atomic E-state index is 5.41. The fraction of sp³-hybridized carbons (Fsp3) is 0.438. The number of hydrogen-bond donors (Lipinski definition) is 1. The van der Waals surface area contributed by atoms with Gasteiger partial charge in [0.15, 0.2) is 11.5 Å². The minimum absolute atomic E-state index is 0.254. The third-order valence-electron chi connectivity index (χ3n) is 4.05. The first-order chi connectivity index (χ1) is 10.1. The number of nitrogens with one attached hydrogen (secondary N) is 1. The van der Waals surface area contributed by atoms with E-state index in [1.165, 1.54) is 16.8 Å². The van der Waals surface area contributed by atoms with Crippen molar-refractivity contribution < 1.29 is 9.47 Å². The molecule has 0 bridgehead atoms. The van der Waals surface area contributed by atoms with E-state index >= 15 is 0 Å². The van der Waals surface area contributed by atoms with Gasteiger partial charge in [-0.3, -0.25) is 4.68 Å². The average Bonchev–Trinajstić information content (AvgIpc) is 3.01. The van der Waals surface area contributed by atoms with Crippen molar-refractivity contribution in [3.63, 3.8) is 0 Å². The van der Waals surface area contributed by atoms with Crippen LogP contribution in [0.1, 0.15) is 35.5 Å². The van der Waals surface area contributed by atoms with Crippen LogP contribution >= 0.6 is 0 Å². The first-order valence-corrected chi connectivity index (χ1v) is 7.18. The van der Waals surface area contributed by atoms with Gasteiger partial charge in [0.1, 0.15) is 0 Å². The summed E-state index contributed by atoms with van der Waals surface area (Å²) in [6.07, 6.45) is 0. The van der Waals surface area contributed by atoms with Crippen LogP contribution in [0.3, 0.4) is 0 Å². The zero-order valence-electron chi connectivity index (χ0n) is 12.9. The highest BCUT2D eigenvalue weighted by atomic mass is 16.7. The number of benzene rings is 1. The molecular weight excluding hydrogens is 266 g/mol. The SMILES string of the molecule is Cc1nn(C)c(C)c1C(C)NCc1ccc2c(c1)OCO2. The Bertz CT molecular complexity index is 664. The van der Waals surface area contributed by atoms with Crippen LogP contribution in [0.2, 0.25) is 0 Å². The van der Waals surface area contributed by atoms with E-state index in [0.29, 0.717) is 6.79 Å². The van der Waals surface area contributed by atoms with E-state index in [-0.39, 0.29) is 6.04 Å². The maximum Gasteiger partial charge on any atom is 0.231 e. The number of fused-ring (bicyclic) bond motifs is 1. The van der Waals surface area contributed by atoms with Gasteiger partial charge in [0.25, 0.3) is 0 Å². The molecule has 112 valence electrons. The van der Waals surface area contributed by atoms with E-state index in [4.69, 9.17) is 9.47 Å². The van der Waals surface area contributed by atoms with Gasteiger partial charge < -0.3 is 14.8 Å². The summed E-state index contributed by atoms with van der Waals surface area (Å²) in [5.74, 6) is 1.65. The first-order valence-electron chi connectivity index (χ1n) is 7.18. The number of aryl methyl sites for hydroxylation is 2. The predicted molar refractivity (Wildman–Crippen MR) is 80.5 cm³/mol. The molecule has 0 saturated heterocycles. The number of hydrogen-bond acceptors (Lipinski definition) is 4. The molecule has 0 saturated carbocycles. The summed E-state index contributed by atoms with van der Waals surface area (Å²) >= 11 is 0. The number of rotatable bonds is 4. The van der Waals surface area contributed by atoms with E-state index in [0.717, 1.165) is 23.7 Å². The summed E-state index contributed by atoms with van der Waals surface area (Å²) in [4.78, 5) is 0. The predicted octanol–water partition coefficient (Wildman–Crippen LogP) is 2.62. The highest BCUT2D eigenvalue weighted by Gasteiger charge is 2.17. The third-order valence-corrected chi connectivity index (χ3v) is 4.05. The van der Waals surface area contributed by atoms with Gasteiger partial charge in [-0.25, -0.2) is 0 Å². The van der Waals surface area contributed by atoms with Crippen molar-refractivity contribution in [3.8, 4) is 11.5 Å². The fourth-order valence-electron chi connectivity index (χ4n) is 2.84. The van der Waals surface area contributed by atoms with Crippen molar-refractivity contribution in [2.75, 3.05) is 6.79 Å². The summed E-state index contributed by atoms with van der Waals surface area (Å²) in [6.45, 7) is 7.43. The Morgan fingerprint density at radius 2 is 2.05 bits per heavy atom. The molecule has 5 heteroatoms. The minimum Gasteiger partial charge on any atom is -0.454 e.